The Balaban J connectivity index is 1.52. The van der Waals surface area contributed by atoms with E-state index in [4.69, 9.17) is 16.3 Å². The normalized spacial score (nSPS) is 12.0. The third kappa shape index (κ3) is 4.55. The molecule has 0 saturated heterocycles. The Bertz CT molecular complexity index is 1250. The van der Waals surface area contributed by atoms with Gasteiger partial charge < -0.3 is 4.74 Å². The standard InChI is InChI=1S/C23H22ClN3O2S/c1-2-3-4-7-14-29-18-12-10-16(11-13-18)21-25-23-27(26-21)22(28)20(30-23)15-17-8-5-6-9-19(17)24/h5-6,8-13,15H,2-4,7,14H2,1H3/b20-15-. The predicted octanol–water partition coefficient (Wildman–Crippen LogP) is 4.98. The fraction of sp³-hybridized carbons (Fsp3) is 0.261. The van der Waals surface area contributed by atoms with Crippen molar-refractivity contribution in [3.8, 4) is 17.1 Å². The van der Waals surface area contributed by atoms with E-state index in [0.29, 0.717) is 20.3 Å². The molecule has 0 spiro atoms. The van der Waals surface area contributed by atoms with Gasteiger partial charge in [0.25, 0.3) is 5.56 Å². The molecule has 0 aliphatic heterocycles. The summed E-state index contributed by atoms with van der Waals surface area (Å²) in [5, 5.41) is 5.00. The Labute approximate surface area is 183 Å². The van der Waals surface area contributed by atoms with Crippen molar-refractivity contribution in [3.63, 3.8) is 0 Å². The number of nitrogens with zero attached hydrogens (tertiary/aromatic N) is 3. The maximum absolute atomic E-state index is 12.7. The summed E-state index contributed by atoms with van der Waals surface area (Å²) in [6.45, 7) is 2.92. The molecule has 0 fully saturated rings. The van der Waals surface area contributed by atoms with Crippen LogP contribution in [0, 0.1) is 0 Å². The van der Waals surface area contributed by atoms with Crippen molar-refractivity contribution in [2.24, 2.45) is 0 Å². The third-order valence-corrected chi connectivity index (χ3v) is 6.06. The minimum absolute atomic E-state index is 0.194. The summed E-state index contributed by atoms with van der Waals surface area (Å²) in [7, 11) is 0. The highest BCUT2D eigenvalue weighted by atomic mass is 35.5. The Morgan fingerprint density at radius 2 is 1.90 bits per heavy atom. The van der Waals surface area contributed by atoms with Crippen molar-refractivity contribution >= 4 is 34.0 Å². The van der Waals surface area contributed by atoms with E-state index in [9.17, 15) is 4.79 Å². The lowest BCUT2D eigenvalue weighted by Gasteiger charge is -2.06. The number of unbranched alkanes of at least 4 members (excludes halogenated alkanes) is 3. The molecular formula is C23H22ClN3O2S. The summed E-state index contributed by atoms with van der Waals surface area (Å²) in [5.74, 6) is 1.36. The molecule has 0 aliphatic carbocycles. The van der Waals surface area contributed by atoms with Gasteiger partial charge in [0, 0.05) is 10.6 Å². The van der Waals surface area contributed by atoms with Gasteiger partial charge in [-0.15, -0.1) is 5.10 Å². The highest BCUT2D eigenvalue weighted by Gasteiger charge is 2.12. The zero-order valence-electron chi connectivity index (χ0n) is 16.7. The first-order valence-corrected chi connectivity index (χ1v) is 11.2. The molecule has 0 aliphatic rings. The van der Waals surface area contributed by atoms with Crippen LogP contribution < -0.4 is 14.8 Å². The Morgan fingerprint density at radius 1 is 1.10 bits per heavy atom. The van der Waals surface area contributed by atoms with Gasteiger partial charge in [-0.3, -0.25) is 4.79 Å². The number of benzene rings is 2. The smallest absolute Gasteiger partial charge is 0.291 e. The first kappa shape index (κ1) is 20.6. The summed E-state index contributed by atoms with van der Waals surface area (Å²) in [5.41, 5.74) is 1.45. The van der Waals surface area contributed by atoms with Gasteiger partial charge in [0.1, 0.15) is 5.75 Å². The summed E-state index contributed by atoms with van der Waals surface area (Å²) in [6, 6.07) is 15.1. The first-order valence-electron chi connectivity index (χ1n) is 10.0. The Morgan fingerprint density at radius 3 is 2.63 bits per heavy atom. The van der Waals surface area contributed by atoms with E-state index in [0.717, 1.165) is 29.9 Å². The van der Waals surface area contributed by atoms with E-state index in [1.165, 1.54) is 35.1 Å². The minimum atomic E-state index is -0.194. The van der Waals surface area contributed by atoms with Gasteiger partial charge in [0.05, 0.1) is 11.1 Å². The van der Waals surface area contributed by atoms with Gasteiger partial charge in [-0.1, -0.05) is 67.3 Å². The van der Waals surface area contributed by atoms with Crippen LogP contribution >= 0.6 is 22.9 Å². The molecule has 5 nitrogen and oxygen atoms in total. The predicted molar refractivity (Wildman–Crippen MR) is 122 cm³/mol. The molecule has 30 heavy (non-hydrogen) atoms. The molecule has 0 bridgehead atoms. The molecule has 2 aromatic heterocycles. The molecule has 2 aromatic carbocycles. The number of halogens is 1. The summed E-state index contributed by atoms with van der Waals surface area (Å²) in [4.78, 5) is 17.8. The molecule has 0 unspecified atom stereocenters. The van der Waals surface area contributed by atoms with Crippen LogP contribution in [0.2, 0.25) is 5.02 Å². The molecule has 0 radical (unpaired) electrons. The van der Waals surface area contributed by atoms with Crippen molar-refractivity contribution in [1.29, 1.82) is 0 Å². The monoisotopic (exact) mass is 439 g/mol. The summed E-state index contributed by atoms with van der Waals surface area (Å²) < 4.78 is 7.68. The lowest BCUT2D eigenvalue weighted by atomic mass is 10.2. The number of rotatable bonds is 8. The van der Waals surface area contributed by atoms with E-state index in [1.807, 2.05) is 42.5 Å². The number of aromatic nitrogens is 3. The van der Waals surface area contributed by atoms with E-state index in [2.05, 4.69) is 17.0 Å². The molecule has 0 N–H and O–H groups in total. The van der Waals surface area contributed by atoms with Gasteiger partial charge in [0.15, 0.2) is 5.82 Å². The molecule has 0 amide bonds. The van der Waals surface area contributed by atoms with Crippen LogP contribution in [0.15, 0.2) is 53.3 Å². The molecule has 0 atom stereocenters. The van der Waals surface area contributed by atoms with Gasteiger partial charge in [-0.05, 0) is 48.4 Å². The fourth-order valence-electron chi connectivity index (χ4n) is 3.11. The van der Waals surface area contributed by atoms with E-state index in [1.54, 1.807) is 12.1 Å². The van der Waals surface area contributed by atoms with Gasteiger partial charge >= 0.3 is 0 Å². The van der Waals surface area contributed by atoms with Crippen LogP contribution in [-0.4, -0.2) is 21.2 Å². The summed E-state index contributed by atoms with van der Waals surface area (Å²) in [6.07, 6.45) is 6.49. The van der Waals surface area contributed by atoms with Gasteiger partial charge in [-0.2, -0.15) is 9.50 Å². The molecular weight excluding hydrogens is 418 g/mol. The highest BCUT2D eigenvalue weighted by Crippen LogP contribution is 2.21. The summed E-state index contributed by atoms with van der Waals surface area (Å²) >= 11 is 7.50. The van der Waals surface area contributed by atoms with Crippen LogP contribution in [0.3, 0.4) is 0 Å². The quantitative estimate of drug-likeness (QED) is 0.363. The van der Waals surface area contributed by atoms with Crippen LogP contribution in [0.25, 0.3) is 22.4 Å². The number of hydrogen-bond acceptors (Lipinski definition) is 5. The largest absolute Gasteiger partial charge is 0.494 e. The van der Waals surface area contributed by atoms with Crippen molar-refractivity contribution < 1.29 is 4.74 Å². The second-order valence-electron chi connectivity index (χ2n) is 7.00. The second kappa shape index (κ2) is 9.41. The SMILES string of the molecule is CCCCCCOc1ccc(-c2nc3s/c(=C\c4ccccc4Cl)c(=O)n3n2)cc1. The molecule has 7 heteroatoms. The number of fused-ring (bicyclic) bond motifs is 1. The number of thiazole rings is 1. The van der Waals surface area contributed by atoms with Crippen molar-refractivity contribution in [2.75, 3.05) is 6.61 Å². The van der Waals surface area contributed by atoms with Gasteiger partial charge in [-0.25, -0.2) is 0 Å². The minimum Gasteiger partial charge on any atom is -0.494 e. The van der Waals surface area contributed by atoms with E-state index in [-0.39, 0.29) is 5.56 Å². The zero-order valence-corrected chi connectivity index (χ0v) is 18.2. The maximum atomic E-state index is 12.7. The topological polar surface area (TPSA) is 56.5 Å². The van der Waals surface area contributed by atoms with Crippen molar-refractivity contribution in [1.82, 2.24) is 14.6 Å². The number of ether oxygens (including phenoxy) is 1. The van der Waals surface area contributed by atoms with Crippen LogP contribution in [0.5, 0.6) is 5.75 Å². The van der Waals surface area contributed by atoms with Crippen molar-refractivity contribution in [3.05, 3.63) is 74.0 Å². The van der Waals surface area contributed by atoms with Crippen LogP contribution in [0.4, 0.5) is 0 Å². The molecule has 4 aromatic rings. The average molecular weight is 440 g/mol. The lowest BCUT2D eigenvalue weighted by Crippen LogP contribution is -2.23. The maximum Gasteiger partial charge on any atom is 0.291 e. The number of hydrogen-bond donors (Lipinski definition) is 0. The molecule has 154 valence electrons. The fourth-order valence-corrected chi connectivity index (χ4v) is 4.20. The van der Waals surface area contributed by atoms with Gasteiger partial charge in [0.2, 0.25) is 4.96 Å². The Hall–Kier alpha value is -2.70. The Kier molecular flexibility index (Phi) is 6.45. The third-order valence-electron chi connectivity index (χ3n) is 4.75. The highest BCUT2D eigenvalue weighted by molar-refractivity contribution is 7.15. The second-order valence-corrected chi connectivity index (χ2v) is 8.42. The lowest BCUT2D eigenvalue weighted by molar-refractivity contribution is 0.305. The van der Waals surface area contributed by atoms with E-state index >= 15 is 0 Å². The molecule has 4 rings (SSSR count). The molecule has 2 heterocycles. The van der Waals surface area contributed by atoms with Crippen LogP contribution in [-0.2, 0) is 0 Å². The zero-order chi connectivity index (χ0) is 20.9. The molecule has 0 saturated carbocycles. The van der Waals surface area contributed by atoms with Crippen LogP contribution in [0.1, 0.15) is 38.2 Å². The van der Waals surface area contributed by atoms with E-state index < -0.39 is 0 Å². The average Bonchev–Trinajstić information content (AvgIpc) is 3.30. The van der Waals surface area contributed by atoms with Crippen molar-refractivity contribution in [2.45, 2.75) is 32.6 Å². The first-order chi connectivity index (χ1) is 14.7.